The molecule has 0 amide bonds. The summed E-state index contributed by atoms with van der Waals surface area (Å²) in [6.07, 6.45) is 7.36. The molecular weight excluding hydrogens is 393 g/mol. The van der Waals surface area contributed by atoms with Crippen molar-refractivity contribution >= 4 is 23.4 Å². The van der Waals surface area contributed by atoms with Gasteiger partial charge in [-0.2, -0.15) is 0 Å². The molecule has 1 aliphatic carbocycles. The number of fused-ring (bicyclic) bond motifs is 1. The lowest BCUT2D eigenvalue weighted by Crippen LogP contribution is -2.45. The van der Waals surface area contributed by atoms with E-state index in [0.29, 0.717) is 29.3 Å². The van der Waals surface area contributed by atoms with Gasteiger partial charge in [-0.25, -0.2) is 9.18 Å². The van der Waals surface area contributed by atoms with Gasteiger partial charge in [-0.15, -0.1) is 12.4 Å². The van der Waals surface area contributed by atoms with E-state index in [9.17, 15) is 9.18 Å². The maximum atomic E-state index is 13.8. The van der Waals surface area contributed by atoms with Crippen LogP contribution in [0.2, 0.25) is 0 Å². The Kier molecular flexibility index (Phi) is 7.07. The van der Waals surface area contributed by atoms with Gasteiger partial charge >= 0.3 is 5.69 Å². The van der Waals surface area contributed by atoms with Gasteiger partial charge in [0.05, 0.1) is 23.2 Å². The zero-order valence-electron chi connectivity index (χ0n) is 17.6. The number of hydrogen-bond donors (Lipinski definition) is 1. The van der Waals surface area contributed by atoms with Gasteiger partial charge in [-0.3, -0.25) is 4.57 Å². The minimum Gasteiger partial charge on any atom is -0.376 e. The van der Waals surface area contributed by atoms with Crippen LogP contribution in [0, 0.1) is 12.7 Å². The first-order chi connectivity index (χ1) is 13.4. The van der Waals surface area contributed by atoms with Gasteiger partial charge in [0.15, 0.2) is 0 Å². The van der Waals surface area contributed by atoms with Gasteiger partial charge in [0, 0.05) is 25.2 Å². The van der Waals surface area contributed by atoms with Crippen LogP contribution < -0.4 is 5.69 Å². The number of H-pyrrole nitrogens is 1. The van der Waals surface area contributed by atoms with Crippen molar-refractivity contribution in [2.45, 2.75) is 83.6 Å². The Balaban J connectivity index is 0.00000240. The average Bonchev–Trinajstić information content (AvgIpc) is 2.97. The van der Waals surface area contributed by atoms with E-state index in [2.05, 4.69) is 23.7 Å². The first-order valence-corrected chi connectivity index (χ1v) is 10.7. The zero-order valence-corrected chi connectivity index (χ0v) is 18.4. The van der Waals surface area contributed by atoms with Crippen LogP contribution >= 0.6 is 12.4 Å². The monoisotopic (exact) mass is 425 g/mol. The molecule has 1 N–H and O–H groups in total. The molecule has 2 fully saturated rings. The first-order valence-electron chi connectivity index (χ1n) is 10.7. The van der Waals surface area contributed by atoms with Gasteiger partial charge in [-0.05, 0) is 77.0 Å². The molecule has 0 atom stereocenters. The number of likely N-dealkylation sites (tertiary alicyclic amines) is 1. The lowest BCUT2D eigenvalue weighted by Gasteiger charge is -2.41. The molecular formula is C22H33ClFN3O2. The highest BCUT2D eigenvalue weighted by molar-refractivity contribution is 5.85. The summed E-state index contributed by atoms with van der Waals surface area (Å²) < 4.78 is 21.7. The van der Waals surface area contributed by atoms with E-state index in [-0.39, 0.29) is 30.0 Å². The minimum atomic E-state index is -0.271. The summed E-state index contributed by atoms with van der Waals surface area (Å²) in [5.74, 6) is -0.271. The van der Waals surface area contributed by atoms with Crippen molar-refractivity contribution in [2.24, 2.45) is 0 Å². The van der Waals surface area contributed by atoms with E-state index in [4.69, 9.17) is 4.74 Å². The number of aromatic amines is 1. The lowest BCUT2D eigenvalue weighted by atomic mass is 9.90. The van der Waals surface area contributed by atoms with E-state index in [1.165, 1.54) is 18.9 Å². The van der Waals surface area contributed by atoms with Gasteiger partial charge in [0.25, 0.3) is 0 Å². The summed E-state index contributed by atoms with van der Waals surface area (Å²) in [5, 5.41) is 0. The fraction of sp³-hybridized carbons (Fsp3) is 0.682. The fourth-order valence-electron chi connectivity index (χ4n) is 5.05. The third-order valence-electron chi connectivity index (χ3n) is 6.49. The maximum absolute atomic E-state index is 13.8. The van der Waals surface area contributed by atoms with Crippen molar-refractivity contribution in [3.8, 4) is 0 Å². The largest absolute Gasteiger partial charge is 0.376 e. The summed E-state index contributed by atoms with van der Waals surface area (Å²) in [6.45, 7) is 8.01. The predicted molar refractivity (Wildman–Crippen MR) is 117 cm³/mol. The number of piperidine rings is 1. The second-order valence-electron chi connectivity index (χ2n) is 8.80. The standard InChI is InChI=1S/C22H32FN3O2.ClH/c1-14(2)28-18-6-4-16(5-7-18)25-10-8-17(9-11-25)26-21-12-15(3)19(23)13-20(21)24-22(26)27;/h12-14,16-18H,4-11H2,1-3H3,(H,24,27);1H/t16-,18-;. The number of hydrogen-bond acceptors (Lipinski definition) is 3. The number of nitrogens with one attached hydrogen (secondary N) is 1. The van der Waals surface area contributed by atoms with Gasteiger partial charge in [0.1, 0.15) is 5.82 Å². The lowest BCUT2D eigenvalue weighted by molar-refractivity contribution is -0.0289. The minimum absolute atomic E-state index is 0. The van der Waals surface area contributed by atoms with Crippen molar-refractivity contribution in [2.75, 3.05) is 13.1 Å². The van der Waals surface area contributed by atoms with Crippen LogP contribution in [0.15, 0.2) is 16.9 Å². The molecule has 0 unspecified atom stereocenters. The number of halogens is 2. The maximum Gasteiger partial charge on any atom is 0.326 e. The molecule has 1 aromatic heterocycles. The van der Waals surface area contributed by atoms with Crippen LogP contribution in [0.3, 0.4) is 0 Å². The molecule has 7 heteroatoms. The first kappa shape index (κ1) is 22.3. The second kappa shape index (κ2) is 9.19. The smallest absolute Gasteiger partial charge is 0.326 e. The Morgan fingerprint density at radius 2 is 1.72 bits per heavy atom. The molecule has 162 valence electrons. The Labute approximate surface area is 178 Å². The summed E-state index contributed by atoms with van der Waals surface area (Å²) in [5.41, 5.74) is 1.88. The number of aryl methyl sites for hydroxylation is 1. The summed E-state index contributed by atoms with van der Waals surface area (Å²) in [7, 11) is 0. The molecule has 5 nitrogen and oxygen atoms in total. The van der Waals surface area contributed by atoms with Crippen molar-refractivity contribution in [1.29, 1.82) is 0 Å². The third kappa shape index (κ3) is 4.70. The Morgan fingerprint density at radius 3 is 2.34 bits per heavy atom. The molecule has 0 spiro atoms. The highest BCUT2D eigenvalue weighted by atomic mass is 35.5. The number of aromatic nitrogens is 2. The normalized spacial score (nSPS) is 24.2. The quantitative estimate of drug-likeness (QED) is 0.780. The molecule has 29 heavy (non-hydrogen) atoms. The summed E-state index contributed by atoms with van der Waals surface area (Å²) in [4.78, 5) is 18.0. The third-order valence-corrected chi connectivity index (χ3v) is 6.49. The Hall–Kier alpha value is -1.37. The van der Waals surface area contributed by atoms with E-state index in [1.807, 2.05) is 4.57 Å². The van der Waals surface area contributed by atoms with Crippen molar-refractivity contribution in [3.05, 3.63) is 34.0 Å². The van der Waals surface area contributed by atoms with Crippen LogP contribution in [0.25, 0.3) is 11.0 Å². The SMILES string of the molecule is Cc1cc2c(cc1F)[nH]c(=O)n2C1CCN([C@H]2CC[C@H](OC(C)C)CC2)CC1.Cl. The predicted octanol–water partition coefficient (Wildman–Crippen LogP) is 4.57. The van der Waals surface area contributed by atoms with Gasteiger partial charge < -0.3 is 14.6 Å². The number of nitrogens with zero attached hydrogens (tertiary/aromatic N) is 2. The molecule has 2 aromatic rings. The van der Waals surface area contributed by atoms with Crippen molar-refractivity contribution < 1.29 is 9.13 Å². The number of benzene rings is 1. The zero-order chi connectivity index (χ0) is 19.8. The molecule has 2 heterocycles. The molecule has 1 saturated heterocycles. The topological polar surface area (TPSA) is 50.3 Å². The Bertz CT molecular complexity index is 878. The number of ether oxygens (including phenoxy) is 1. The second-order valence-corrected chi connectivity index (χ2v) is 8.80. The number of imidazole rings is 1. The molecule has 1 saturated carbocycles. The Morgan fingerprint density at radius 1 is 1.07 bits per heavy atom. The van der Waals surface area contributed by atoms with E-state index < -0.39 is 0 Å². The van der Waals surface area contributed by atoms with Crippen LogP contribution in [0.1, 0.15) is 64.0 Å². The van der Waals surface area contributed by atoms with Crippen LogP contribution in [-0.4, -0.2) is 45.8 Å². The molecule has 0 bridgehead atoms. The number of rotatable bonds is 4. The highest BCUT2D eigenvalue weighted by Gasteiger charge is 2.31. The highest BCUT2D eigenvalue weighted by Crippen LogP contribution is 2.31. The molecule has 4 rings (SSSR count). The molecule has 0 radical (unpaired) electrons. The molecule has 2 aliphatic rings. The summed E-state index contributed by atoms with van der Waals surface area (Å²) in [6, 6.07) is 4.06. The fourth-order valence-corrected chi connectivity index (χ4v) is 5.05. The van der Waals surface area contributed by atoms with Crippen LogP contribution in [0.4, 0.5) is 4.39 Å². The van der Waals surface area contributed by atoms with E-state index >= 15 is 0 Å². The molecule has 1 aliphatic heterocycles. The average molecular weight is 426 g/mol. The summed E-state index contributed by atoms with van der Waals surface area (Å²) >= 11 is 0. The van der Waals surface area contributed by atoms with E-state index in [0.717, 1.165) is 44.3 Å². The van der Waals surface area contributed by atoms with E-state index in [1.54, 1.807) is 13.0 Å². The van der Waals surface area contributed by atoms with Crippen molar-refractivity contribution in [1.82, 2.24) is 14.5 Å². The van der Waals surface area contributed by atoms with Crippen LogP contribution in [-0.2, 0) is 4.74 Å². The van der Waals surface area contributed by atoms with Gasteiger partial charge in [0.2, 0.25) is 0 Å². The van der Waals surface area contributed by atoms with Gasteiger partial charge in [-0.1, -0.05) is 0 Å². The molecule has 1 aromatic carbocycles. The van der Waals surface area contributed by atoms with Crippen LogP contribution in [0.5, 0.6) is 0 Å². The van der Waals surface area contributed by atoms with Crippen molar-refractivity contribution in [3.63, 3.8) is 0 Å².